The van der Waals surface area contributed by atoms with Gasteiger partial charge in [0, 0.05) is 29.4 Å². The molecule has 0 aliphatic carbocycles. The maximum absolute atomic E-state index is 12.6. The highest BCUT2D eigenvalue weighted by Crippen LogP contribution is 2.23. The highest BCUT2D eigenvalue weighted by atomic mass is 35.5. The summed E-state index contributed by atoms with van der Waals surface area (Å²) < 4.78 is 5.03. The lowest BCUT2D eigenvalue weighted by Crippen LogP contribution is -2.34. The van der Waals surface area contributed by atoms with E-state index in [0.29, 0.717) is 28.9 Å². The van der Waals surface area contributed by atoms with Gasteiger partial charge in [-0.1, -0.05) is 53.5 Å². The molecule has 2 N–H and O–H groups in total. The van der Waals surface area contributed by atoms with E-state index < -0.39 is 6.04 Å². The van der Waals surface area contributed by atoms with E-state index in [0.717, 1.165) is 5.56 Å². The van der Waals surface area contributed by atoms with Gasteiger partial charge in [-0.3, -0.25) is 10.1 Å². The molecule has 0 saturated heterocycles. The standard InChI is InChI=1S/C17H18Cl2N2O2/c1-23-8-7-20-16(12-5-3-2-4-6-12)17(22)21-15-10-13(18)9-14(19)11-15/h2-6,9-11,16,20H,7-8H2,1H3,(H,21,22)/t16-/m0/s1. The summed E-state index contributed by atoms with van der Waals surface area (Å²) in [4.78, 5) is 12.6. The van der Waals surface area contributed by atoms with Crippen LogP contribution in [0.3, 0.4) is 0 Å². The zero-order valence-corrected chi connectivity index (χ0v) is 14.2. The molecule has 2 aromatic rings. The Balaban J connectivity index is 2.15. The quantitative estimate of drug-likeness (QED) is 0.742. The molecule has 0 radical (unpaired) electrons. The van der Waals surface area contributed by atoms with Gasteiger partial charge in [-0.15, -0.1) is 0 Å². The Morgan fingerprint density at radius 1 is 1.13 bits per heavy atom. The van der Waals surface area contributed by atoms with Crippen molar-refractivity contribution in [3.05, 3.63) is 64.1 Å². The molecule has 1 amide bonds. The molecule has 0 aliphatic rings. The van der Waals surface area contributed by atoms with Crippen molar-refractivity contribution in [1.82, 2.24) is 5.32 Å². The van der Waals surface area contributed by atoms with Gasteiger partial charge in [-0.2, -0.15) is 0 Å². The van der Waals surface area contributed by atoms with E-state index in [-0.39, 0.29) is 5.91 Å². The van der Waals surface area contributed by atoms with E-state index in [1.807, 2.05) is 30.3 Å². The Labute approximate surface area is 145 Å². The number of hydrogen-bond acceptors (Lipinski definition) is 3. The van der Waals surface area contributed by atoms with Crippen molar-refractivity contribution in [2.24, 2.45) is 0 Å². The van der Waals surface area contributed by atoms with Gasteiger partial charge in [0.1, 0.15) is 6.04 Å². The van der Waals surface area contributed by atoms with Crippen LogP contribution in [0.15, 0.2) is 48.5 Å². The monoisotopic (exact) mass is 352 g/mol. The third kappa shape index (κ3) is 5.52. The van der Waals surface area contributed by atoms with E-state index in [9.17, 15) is 4.79 Å². The average molecular weight is 353 g/mol. The molecular weight excluding hydrogens is 335 g/mol. The number of benzene rings is 2. The molecule has 0 unspecified atom stereocenters. The topological polar surface area (TPSA) is 50.4 Å². The fourth-order valence-electron chi connectivity index (χ4n) is 2.15. The van der Waals surface area contributed by atoms with Crippen LogP contribution in [0.4, 0.5) is 5.69 Å². The molecule has 2 aromatic carbocycles. The highest BCUT2D eigenvalue weighted by molar-refractivity contribution is 6.35. The van der Waals surface area contributed by atoms with E-state index in [1.54, 1.807) is 25.3 Å². The van der Waals surface area contributed by atoms with Crippen molar-refractivity contribution in [3.63, 3.8) is 0 Å². The summed E-state index contributed by atoms with van der Waals surface area (Å²) in [6, 6.07) is 13.9. The zero-order chi connectivity index (χ0) is 16.7. The van der Waals surface area contributed by atoms with Gasteiger partial charge in [-0.25, -0.2) is 0 Å². The second-order valence-corrected chi connectivity index (χ2v) is 5.81. The van der Waals surface area contributed by atoms with Crippen LogP contribution in [0.1, 0.15) is 11.6 Å². The Morgan fingerprint density at radius 2 is 1.78 bits per heavy atom. The number of ether oxygens (including phenoxy) is 1. The van der Waals surface area contributed by atoms with Crippen molar-refractivity contribution in [1.29, 1.82) is 0 Å². The largest absolute Gasteiger partial charge is 0.383 e. The number of amides is 1. The second kappa shape index (κ2) is 8.89. The van der Waals surface area contributed by atoms with Crippen LogP contribution in [0.5, 0.6) is 0 Å². The van der Waals surface area contributed by atoms with Crippen molar-refractivity contribution < 1.29 is 9.53 Å². The number of methoxy groups -OCH3 is 1. The van der Waals surface area contributed by atoms with Crippen molar-refractivity contribution >= 4 is 34.8 Å². The lowest BCUT2D eigenvalue weighted by atomic mass is 10.1. The number of halogens is 2. The fraction of sp³-hybridized carbons (Fsp3) is 0.235. The van der Waals surface area contributed by atoms with Gasteiger partial charge in [-0.05, 0) is 23.8 Å². The molecule has 0 bridgehead atoms. The summed E-state index contributed by atoms with van der Waals surface area (Å²) in [5, 5.41) is 6.96. The summed E-state index contributed by atoms with van der Waals surface area (Å²) in [5.74, 6) is -0.189. The number of carbonyl (C=O) groups excluding carboxylic acids is 1. The molecule has 0 aliphatic heterocycles. The number of rotatable bonds is 7. The summed E-state index contributed by atoms with van der Waals surface area (Å²) in [6.45, 7) is 1.07. The van der Waals surface area contributed by atoms with E-state index in [2.05, 4.69) is 10.6 Å². The van der Waals surface area contributed by atoms with Crippen LogP contribution in [-0.2, 0) is 9.53 Å². The van der Waals surface area contributed by atoms with Crippen LogP contribution in [0.25, 0.3) is 0 Å². The predicted molar refractivity (Wildman–Crippen MR) is 94.2 cm³/mol. The Morgan fingerprint density at radius 3 is 2.39 bits per heavy atom. The smallest absolute Gasteiger partial charge is 0.246 e. The second-order valence-electron chi connectivity index (χ2n) is 4.94. The maximum atomic E-state index is 12.6. The SMILES string of the molecule is COCCN[C@H](C(=O)Nc1cc(Cl)cc(Cl)c1)c1ccccc1. The molecule has 122 valence electrons. The first-order valence-corrected chi connectivity index (χ1v) is 7.90. The van der Waals surface area contributed by atoms with Crippen LogP contribution in [-0.4, -0.2) is 26.2 Å². The van der Waals surface area contributed by atoms with Crippen LogP contribution < -0.4 is 10.6 Å². The third-order valence-electron chi connectivity index (χ3n) is 3.18. The minimum atomic E-state index is -0.496. The molecule has 0 spiro atoms. The number of nitrogens with one attached hydrogen (secondary N) is 2. The summed E-state index contributed by atoms with van der Waals surface area (Å²) in [5.41, 5.74) is 1.43. The van der Waals surface area contributed by atoms with E-state index in [1.165, 1.54) is 0 Å². The summed E-state index contributed by atoms with van der Waals surface area (Å²) in [7, 11) is 1.62. The summed E-state index contributed by atoms with van der Waals surface area (Å²) >= 11 is 11.9. The Hall–Kier alpha value is -1.59. The average Bonchev–Trinajstić information content (AvgIpc) is 2.51. The van der Waals surface area contributed by atoms with Gasteiger partial charge in [0.15, 0.2) is 0 Å². The molecule has 0 fully saturated rings. The number of carbonyl (C=O) groups is 1. The maximum Gasteiger partial charge on any atom is 0.246 e. The molecule has 23 heavy (non-hydrogen) atoms. The predicted octanol–water partition coefficient (Wildman–Crippen LogP) is 3.91. The first-order valence-electron chi connectivity index (χ1n) is 7.14. The molecule has 0 aromatic heterocycles. The lowest BCUT2D eigenvalue weighted by Gasteiger charge is -2.19. The van der Waals surface area contributed by atoms with Gasteiger partial charge in [0.25, 0.3) is 0 Å². The molecule has 2 rings (SSSR count). The van der Waals surface area contributed by atoms with Crippen LogP contribution in [0, 0.1) is 0 Å². The summed E-state index contributed by atoms with van der Waals surface area (Å²) in [6.07, 6.45) is 0. The molecule has 0 saturated carbocycles. The van der Waals surface area contributed by atoms with Crippen LogP contribution in [0.2, 0.25) is 10.0 Å². The molecule has 6 heteroatoms. The minimum absolute atomic E-state index is 0.189. The van der Waals surface area contributed by atoms with Crippen molar-refractivity contribution in [2.45, 2.75) is 6.04 Å². The van der Waals surface area contributed by atoms with Gasteiger partial charge < -0.3 is 10.1 Å². The van der Waals surface area contributed by atoms with Gasteiger partial charge in [0.2, 0.25) is 5.91 Å². The third-order valence-corrected chi connectivity index (χ3v) is 3.62. The highest BCUT2D eigenvalue weighted by Gasteiger charge is 2.20. The lowest BCUT2D eigenvalue weighted by molar-refractivity contribution is -0.118. The molecular formula is C17H18Cl2N2O2. The normalized spacial score (nSPS) is 12.0. The van der Waals surface area contributed by atoms with E-state index >= 15 is 0 Å². The number of hydrogen-bond donors (Lipinski definition) is 2. The molecule has 0 heterocycles. The van der Waals surface area contributed by atoms with Gasteiger partial charge in [0.05, 0.1) is 6.61 Å². The first-order chi connectivity index (χ1) is 11.1. The number of anilines is 1. The Kier molecular flexibility index (Phi) is 6.86. The molecule has 1 atom stereocenters. The van der Waals surface area contributed by atoms with Crippen LogP contribution >= 0.6 is 23.2 Å². The van der Waals surface area contributed by atoms with E-state index in [4.69, 9.17) is 27.9 Å². The molecule has 4 nitrogen and oxygen atoms in total. The van der Waals surface area contributed by atoms with Crippen molar-refractivity contribution in [3.8, 4) is 0 Å². The van der Waals surface area contributed by atoms with Crippen molar-refractivity contribution in [2.75, 3.05) is 25.6 Å². The first kappa shape index (κ1) is 17.8. The minimum Gasteiger partial charge on any atom is -0.383 e. The zero-order valence-electron chi connectivity index (χ0n) is 12.7. The fourth-order valence-corrected chi connectivity index (χ4v) is 2.68. The Bertz CT molecular complexity index is 630. The van der Waals surface area contributed by atoms with Gasteiger partial charge >= 0.3 is 0 Å².